The summed E-state index contributed by atoms with van der Waals surface area (Å²) < 4.78 is 5.52. The molecule has 8 nitrogen and oxygen atoms in total. The van der Waals surface area contributed by atoms with Crippen molar-refractivity contribution in [2.45, 2.75) is 25.4 Å². The summed E-state index contributed by atoms with van der Waals surface area (Å²) in [5.41, 5.74) is 6.45. The second-order valence-electron chi connectivity index (χ2n) is 12.3. The molecule has 1 saturated heterocycles. The molecule has 246 valence electrons. The van der Waals surface area contributed by atoms with Gasteiger partial charge in [0.15, 0.2) is 0 Å². The molecule has 0 unspecified atom stereocenters. The summed E-state index contributed by atoms with van der Waals surface area (Å²) in [7, 11) is 1.56. The van der Waals surface area contributed by atoms with Crippen molar-refractivity contribution in [1.29, 1.82) is 0 Å². The van der Waals surface area contributed by atoms with Crippen LogP contribution in [0.4, 0.5) is 17.1 Å². The fourth-order valence-corrected chi connectivity index (χ4v) is 7.07. The number of imide groups is 1. The number of benzene rings is 4. The average molecular weight is 645 g/mol. The molecule has 8 heteroatoms. The van der Waals surface area contributed by atoms with Gasteiger partial charge in [0, 0.05) is 24.4 Å². The smallest absolute Gasteiger partial charge is 0.238 e. The third-order valence-electron chi connectivity index (χ3n) is 9.31. The predicted octanol–water partition coefficient (Wildman–Crippen LogP) is 6.58. The number of phenols is 1. The fraction of sp³-hybridized carbons (Fsp3) is 0.250. The number of rotatable bonds is 12. The molecular weight excluding hydrogens is 604 g/mol. The first-order chi connectivity index (χ1) is 23.4. The number of aliphatic hydroxyl groups is 2. The molecular formula is C40H40N2O6. The van der Waals surface area contributed by atoms with Crippen LogP contribution in [0.1, 0.15) is 30.4 Å². The summed E-state index contributed by atoms with van der Waals surface area (Å²) in [5, 5.41) is 35.6. The number of aromatic hydroxyl groups is 1. The Kier molecular flexibility index (Phi) is 10.2. The van der Waals surface area contributed by atoms with Crippen molar-refractivity contribution in [3.8, 4) is 5.75 Å². The van der Waals surface area contributed by atoms with Gasteiger partial charge in [-0.05, 0) is 95.6 Å². The van der Waals surface area contributed by atoms with E-state index in [1.54, 1.807) is 31.4 Å². The quantitative estimate of drug-likeness (QED) is 0.0782. The number of hydrogen-bond acceptors (Lipinski definition) is 7. The highest BCUT2D eigenvalue weighted by atomic mass is 16.5. The molecule has 4 atom stereocenters. The summed E-state index contributed by atoms with van der Waals surface area (Å²) in [4.78, 5) is 29.1. The lowest BCUT2D eigenvalue weighted by Gasteiger charge is -2.36. The summed E-state index contributed by atoms with van der Waals surface area (Å²) >= 11 is 0. The number of fused-ring (bicyclic) bond motifs is 1. The Morgan fingerprint density at radius 3 is 2.19 bits per heavy atom. The van der Waals surface area contributed by atoms with Gasteiger partial charge in [-0.2, -0.15) is 0 Å². The van der Waals surface area contributed by atoms with E-state index in [1.807, 2.05) is 91.0 Å². The number of phenolic OH excluding ortho intramolecular Hbond substituents is 1. The third kappa shape index (κ3) is 6.96. The molecule has 48 heavy (non-hydrogen) atoms. The highest BCUT2D eigenvalue weighted by Crippen LogP contribution is 2.47. The van der Waals surface area contributed by atoms with E-state index in [9.17, 15) is 24.9 Å². The Labute approximate surface area is 280 Å². The van der Waals surface area contributed by atoms with Crippen LogP contribution in [0, 0.1) is 17.8 Å². The van der Waals surface area contributed by atoms with Crippen molar-refractivity contribution >= 4 is 40.5 Å². The molecule has 4 N–H and O–H groups in total. The minimum Gasteiger partial charge on any atom is -0.508 e. The number of ether oxygens (including phenoxy) is 1. The normalized spacial score (nSPS) is 20.2. The SMILES string of the molecule is COCC1=C([C@H](O)CC/C(=C/c2ccc(O)cc2)c2ccccc2)[C@H](CO)[C@@H]2C(=O)N(c3ccc(Nc4ccccc4)cc3)C(=O)[C@@H]2C1. The van der Waals surface area contributed by atoms with E-state index in [-0.39, 0.29) is 37.2 Å². The van der Waals surface area contributed by atoms with E-state index in [2.05, 4.69) is 5.32 Å². The number of nitrogens with one attached hydrogen (secondary N) is 1. The number of carbonyl (C=O) groups is 2. The van der Waals surface area contributed by atoms with Crippen molar-refractivity contribution in [3.05, 3.63) is 131 Å². The third-order valence-corrected chi connectivity index (χ3v) is 9.31. The molecule has 6 rings (SSSR count). The monoisotopic (exact) mass is 644 g/mol. The first kappa shape index (κ1) is 32.9. The topological polar surface area (TPSA) is 119 Å². The Morgan fingerprint density at radius 2 is 1.54 bits per heavy atom. The summed E-state index contributed by atoms with van der Waals surface area (Å²) in [6, 6.07) is 33.7. The van der Waals surface area contributed by atoms with Crippen LogP contribution < -0.4 is 10.2 Å². The lowest BCUT2D eigenvalue weighted by molar-refractivity contribution is -0.123. The molecule has 1 aliphatic heterocycles. The fourth-order valence-electron chi connectivity index (χ4n) is 7.07. The van der Waals surface area contributed by atoms with Crippen molar-refractivity contribution in [2.24, 2.45) is 17.8 Å². The number of carbonyl (C=O) groups excluding carboxylic acids is 2. The van der Waals surface area contributed by atoms with Gasteiger partial charge in [-0.25, -0.2) is 0 Å². The number of nitrogens with zero attached hydrogens (tertiary/aromatic N) is 1. The molecule has 4 aromatic rings. The zero-order chi connectivity index (χ0) is 33.6. The van der Waals surface area contributed by atoms with Crippen LogP contribution in [0.2, 0.25) is 0 Å². The highest BCUT2D eigenvalue weighted by molar-refractivity contribution is 6.22. The van der Waals surface area contributed by atoms with E-state index >= 15 is 0 Å². The molecule has 0 radical (unpaired) electrons. The maximum absolute atomic E-state index is 14.0. The molecule has 1 heterocycles. The van der Waals surface area contributed by atoms with Crippen LogP contribution in [-0.4, -0.2) is 53.6 Å². The standard InChI is InChI=1S/C40H40N2O6/c1-48-25-29-23-34-38(40(47)42(39(34)46)32-17-15-31(16-18-32)41-30-10-6-3-7-11-30)35(24-43)37(29)36(45)21-14-28(27-8-4-2-5-9-27)22-26-12-19-33(44)20-13-26/h2-13,15-20,22,34-36,38,41,43-45H,14,21,23-25H2,1H3/b28-22-/t34-,35+,36-,38-/m1/s1. The van der Waals surface area contributed by atoms with Crippen LogP contribution in [0.25, 0.3) is 11.6 Å². The van der Waals surface area contributed by atoms with E-state index in [1.165, 1.54) is 4.90 Å². The van der Waals surface area contributed by atoms with E-state index in [0.29, 0.717) is 24.1 Å². The Balaban J connectivity index is 1.24. The predicted molar refractivity (Wildman–Crippen MR) is 187 cm³/mol. The molecule has 0 aromatic heterocycles. The Morgan fingerprint density at radius 1 is 0.896 bits per heavy atom. The van der Waals surface area contributed by atoms with Crippen molar-refractivity contribution < 1.29 is 29.6 Å². The number of aliphatic hydroxyl groups excluding tert-OH is 2. The van der Waals surface area contributed by atoms with Gasteiger partial charge >= 0.3 is 0 Å². The van der Waals surface area contributed by atoms with E-state index < -0.39 is 23.9 Å². The van der Waals surface area contributed by atoms with Gasteiger partial charge in [-0.1, -0.05) is 66.7 Å². The lowest BCUT2D eigenvalue weighted by Crippen LogP contribution is -2.39. The van der Waals surface area contributed by atoms with Crippen molar-refractivity contribution in [2.75, 3.05) is 30.5 Å². The minimum absolute atomic E-state index is 0.183. The van der Waals surface area contributed by atoms with Crippen molar-refractivity contribution in [3.63, 3.8) is 0 Å². The second-order valence-corrected chi connectivity index (χ2v) is 12.3. The summed E-state index contributed by atoms with van der Waals surface area (Å²) in [6.07, 6.45) is 2.16. The van der Waals surface area contributed by atoms with Gasteiger partial charge < -0.3 is 25.4 Å². The molecule has 2 amide bonds. The molecule has 1 fully saturated rings. The number of anilines is 3. The lowest BCUT2D eigenvalue weighted by atomic mass is 9.68. The number of methoxy groups -OCH3 is 1. The van der Waals surface area contributed by atoms with Crippen LogP contribution in [-0.2, 0) is 14.3 Å². The maximum atomic E-state index is 14.0. The van der Waals surface area contributed by atoms with Crippen molar-refractivity contribution in [1.82, 2.24) is 0 Å². The van der Waals surface area contributed by atoms with Crippen LogP contribution in [0.3, 0.4) is 0 Å². The van der Waals surface area contributed by atoms with Crippen LogP contribution in [0.5, 0.6) is 5.75 Å². The number of hydrogen-bond donors (Lipinski definition) is 4. The van der Waals surface area contributed by atoms with Gasteiger partial charge in [0.1, 0.15) is 5.75 Å². The summed E-state index contributed by atoms with van der Waals surface area (Å²) in [6.45, 7) is -0.204. The minimum atomic E-state index is -0.972. The number of para-hydroxylation sites is 1. The molecule has 4 aromatic carbocycles. The number of allylic oxidation sites excluding steroid dienone is 1. The molecule has 0 spiro atoms. The van der Waals surface area contributed by atoms with Gasteiger partial charge in [0.05, 0.1) is 36.8 Å². The van der Waals surface area contributed by atoms with E-state index in [4.69, 9.17) is 4.74 Å². The van der Waals surface area contributed by atoms with Gasteiger partial charge in [-0.15, -0.1) is 0 Å². The first-order valence-corrected chi connectivity index (χ1v) is 16.2. The maximum Gasteiger partial charge on any atom is 0.238 e. The molecule has 1 aliphatic carbocycles. The van der Waals surface area contributed by atoms with Crippen LogP contribution >= 0.6 is 0 Å². The van der Waals surface area contributed by atoms with Gasteiger partial charge in [0.2, 0.25) is 11.8 Å². The number of amides is 2. The van der Waals surface area contributed by atoms with Gasteiger partial charge in [0.25, 0.3) is 0 Å². The first-order valence-electron chi connectivity index (χ1n) is 16.2. The zero-order valence-electron chi connectivity index (χ0n) is 26.8. The largest absolute Gasteiger partial charge is 0.508 e. The molecule has 2 aliphatic rings. The Bertz CT molecular complexity index is 1790. The highest BCUT2D eigenvalue weighted by Gasteiger charge is 2.55. The zero-order valence-corrected chi connectivity index (χ0v) is 26.8. The second kappa shape index (κ2) is 14.8. The van der Waals surface area contributed by atoms with Crippen LogP contribution in [0.15, 0.2) is 120 Å². The molecule has 0 bridgehead atoms. The van der Waals surface area contributed by atoms with Gasteiger partial charge in [-0.3, -0.25) is 14.5 Å². The average Bonchev–Trinajstić information content (AvgIpc) is 3.36. The molecule has 0 saturated carbocycles. The Hall–Kier alpha value is -5.02. The van der Waals surface area contributed by atoms with E-state index in [0.717, 1.165) is 33.6 Å². The summed E-state index contributed by atoms with van der Waals surface area (Å²) in [5.74, 6) is -2.68.